The summed E-state index contributed by atoms with van der Waals surface area (Å²) in [5.74, 6) is -1.48. The predicted molar refractivity (Wildman–Crippen MR) is 117 cm³/mol. The lowest BCUT2D eigenvalue weighted by Gasteiger charge is -2.07. The van der Waals surface area contributed by atoms with E-state index in [0.717, 1.165) is 34.1 Å². The molecule has 2 heterocycles. The van der Waals surface area contributed by atoms with E-state index in [1.165, 1.54) is 11.8 Å². The molecule has 0 fully saturated rings. The highest BCUT2D eigenvalue weighted by molar-refractivity contribution is 7.99. The van der Waals surface area contributed by atoms with Crippen molar-refractivity contribution in [3.63, 3.8) is 0 Å². The van der Waals surface area contributed by atoms with Crippen molar-refractivity contribution in [2.45, 2.75) is 36.6 Å². The molecule has 0 aliphatic rings. The highest BCUT2D eigenvalue weighted by Gasteiger charge is 2.22. The number of hydrogen-bond acceptors (Lipinski definition) is 3. The van der Waals surface area contributed by atoms with Crippen LogP contribution in [-0.4, -0.2) is 25.4 Å². The molecule has 0 amide bonds. The molecular weight excluding hydrogens is 425 g/mol. The van der Waals surface area contributed by atoms with Crippen molar-refractivity contribution < 1.29 is 14.3 Å². The van der Waals surface area contributed by atoms with Gasteiger partial charge >= 0.3 is 5.97 Å². The van der Waals surface area contributed by atoms with Crippen LogP contribution in [-0.2, 0) is 6.54 Å². The topological polar surface area (TPSA) is 60.0 Å². The minimum absolute atomic E-state index is 0.0478. The number of halogens is 2. The maximum absolute atomic E-state index is 15.1. The Balaban J connectivity index is 1.90. The first-order valence-electron chi connectivity index (χ1n) is 9.43. The molecular formula is C22H19ClFN3O2S. The Morgan fingerprint density at radius 1 is 1.30 bits per heavy atom. The van der Waals surface area contributed by atoms with E-state index in [4.69, 9.17) is 11.6 Å². The second-order valence-electron chi connectivity index (χ2n) is 6.90. The second-order valence-corrected chi connectivity index (χ2v) is 8.40. The molecule has 2 aromatic carbocycles. The van der Waals surface area contributed by atoms with Crippen molar-refractivity contribution in [3.05, 3.63) is 70.9 Å². The van der Waals surface area contributed by atoms with Gasteiger partial charge in [0.05, 0.1) is 28.0 Å². The van der Waals surface area contributed by atoms with Gasteiger partial charge in [0.15, 0.2) is 5.82 Å². The van der Waals surface area contributed by atoms with Gasteiger partial charge in [0, 0.05) is 33.6 Å². The summed E-state index contributed by atoms with van der Waals surface area (Å²) in [6.07, 6.45) is 4.53. The summed E-state index contributed by atoms with van der Waals surface area (Å²) < 4.78 is 18.8. The summed E-state index contributed by atoms with van der Waals surface area (Å²) in [6.45, 7) is 4.75. The number of carboxylic acid groups (broad SMARTS) is 1. The third kappa shape index (κ3) is 3.59. The van der Waals surface area contributed by atoms with Crippen molar-refractivity contribution in [1.82, 2.24) is 14.3 Å². The molecule has 0 spiro atoms. The number of benzene rings is 2. The van der Waals surface area contributed by atoms with E-state index in [0.29, 0.717) is 10.9 Å². The van der Waals surface area contributed by atoms with Gasteiger partial charge < -0.3 is 9.67 Å². The maximum atomic E-state index is 15.1. The monoisotopic (exact) mass is 443 g/mol. The summed E-state index contributed by atoms with van der Waals surface area (Å²) in [5.41, 5.74) is 2.16. The first-order chi connectivity index (χ1) is 14.4. The van der Waals surface area contributed by atoms with E-state index >= 15 is 4.39 Å². The lowest BCUT2D eigenvalue weighted by atomic mass is 10.2. The summed E-state index contributed by atoms with van der Waals surface area (Å²) in [7, 11) is 0. The quantitative estimate of drug-likeness (QED) is 0.386. The maximum Gasteiger partial charge on any atom is 0.335 e. The molecule has 0 atom stereocenters. The van der Waals surface area contributed by atoms with Crippen LogP contribution in [0.1, 0.15) is 29.4 Å². The van der Waals surface area contributed by atoms with Crippen molar-refractivity contribution in [1.29, 1.82) is 0 Å². The van der Waals surface area contributed by atoms with E-state index in [1.54, 1.807) is 36.5 Å². The van der Waals surface area contributed by atoms with Gasteiger partial charge in [-0.1, -0.05) is 36.4 Å². The molecule has 8 heteroatoms. The highest BCUT2D eigenvalue weighted by atomic mass is 35.5. The van der Waals surface area contributed by atoms with Crippen LogP contribution in [0.2, 0.25) is 5.02 Å². The van der Waals surface area contributed by atoms with Crippen molar-refractivity contribution in [3.8, 4) is 5.69 Å². The van der Waals surface area contributed by atoms with Crippen LogP contribution in [0, 0.1) is 12.7 Å². The summed E-state index contributed by atoms with van der Waals surface area (Å²) in [6, 6.07) is 10.0. The van der Waals surface area contributed by atoms with Crippen LogP contribution in [0.3, 0.4) is 0 Å². The zero-order valence-electron chi connectivity index (χ0n) is 16.4. The Morgan fingerprint density at radius 2 is 2.10 bits per heavy atom. The van der Waals surface area contributed by atoms with Gasteiger partial charge in [-0.25, -0.2) is 9.18 Å². The molecule has 0 bridgehead atoms. The number of aryl methyl sites for hydroxylation is 1. The molecule has 0 saturated heterocycles. The van der Waals surface area contributed by atoms with Crippen molar-refractivity contribution in [2.75, 3.05) is 0 Å². The average molecular weight is 444 g/mol. The number of carboxylic acids is 1. The fourth-order valence-electron chi connectivity index (χ4n) is 3.49. The first-order valence-corrected chi connectivity index (χ1v) is 10.6. The molecule has 2 aromatic heterocycles. The number of rotatable bonds is 6. The van der Waals surface area contributed by atoms with E-state index in [9.17, 15) is 9.90 Å². The van der Waals surface area contributed by atoms with E-state index in [1.807, 2.05) is 28.4 Å². The Bertz CT molecular complexity index is 1260. The minimum Gasteiger partial charge on any atom is -0.478 e. The molecule has 0 radical (unpaired) electrons. The molecule has 1 N–H and O–H groups in total. The molecule has 154 valence electrons. The molecule has 4 aromatic rings. The molecule has 0 unspecified atom stereocenters. The van der Waals surface area contributed by atoms with Gasteiger partial charge in [-0.15, -0.1) is 0 Å². The molecule has 0 aliphatic heterocycles. The fraction of sp³-hybridized carbons (Fsp3) is 0.182. The predicted octanol–water partition coefficient (Wildman–Crippen LogP) is 6.19. The van der Waals surface area contributed by atoms with Crippen LogP contribution < -0.4 is 0 Å². The van der Waals surface area contributed by atoms with Crippen molar-refractivity contribution in [2.24, 2.45) is 0 Å². The van der Waals surface area contributed by atoms with Gasteiger partial charge in [0.25, 0.3) is 0 Å². The van der Waals surface area contributed by atoms with E-state index in [-0.39, 0.29) is 10.6 Å². The average Bonchev–Trinajstić information content (AvgIpc) is 3.28. The SMILES string of the molecule is CCCn1cc(-n2c(C)c(Sc3cccc(C(=O)O)c3)c3ccc(Cl)c(F)c32)cn1. The Morgan fingerprint density at radius 3 is 2.83 bits per heavy atom. The Kier molecular flexibility index (Phi) is 5.58. The largest absolute Gasteiger partial charge is 0.478 e. The smallest absolute Gasteiger partial charge is 0.335 e. The first kappa shape index (κ1) is 20.5. The molecule has 30 heavy (non-hydrogen) atoms. The molecule has 0 saturated carbocycles. The van der Waals surface area contributed by atoms with Crippen LogP contribution >= 0.6 is 23.4 Å². The molecule has 4 rings (SSSR count). The molecule has 5 nitrogen and oxygen atoms in total. The number of carbonyl (C=O) groups is 1. The Hall–Kier alpha value is -2.77. The van der Waals surface area contributed by atoms with E-state index < -0.39 is 11.8 Å². The normalized spacial score (nSPS) is 11.3. The number of nitrogens with zero attached hydrogens (tertiary/aromatic N) is 3. The number of hydrogen-bond donors (Lipinski definition) is 1. The van der Waals surface area contributed by atoms with Gasteiger partial charge in [0.2, 0.25) is 0 Å². The highest BCUT2D eigenvalue weighted by Crippen LogP contribution is 2.41. The zero-order chi connectivity index (χ0) is 21.4. The second kappa shape index (κ2) is 8.16. The third-order valence-electron chi connectivity index (χ3n) is 4.83. The van der Waals surface area contributed by atoms with Crippen LogP contribution in [0.5, 0.6) is 0 Å². The summed E-state index contributed by atoms with van der Waals surface area (Å²) in [4.78, 5) is 12.9. The number of aromatic carboxylic acids is 1. The Labute approximate surface area is 182 Å². The number of aromatic nitrogens is 3. The lowest BCUT2D eigenvalue weighted by Crippen LogP contribution is -1.99. The van der Waals surface area contributed by atoms with Crippen LogP contribution in [0.4, 0.5) is 4.39 Å². The van der Waals surface area contributed by atoms with Crippen LogP contribution in [0.15, 0.2) is 58.6 Å². The minimum atomic E-state index is -0.988. The van der Waals surface area contributed by atoms with Crippen molar-refractivity contribution >= 4 is 40.2 Å². The zero-order valence-corrected chi connectivity index (χ0v) is 18.0. The third-order valence-corrected chi connectivity index (χ3v) is 6.33. The van der Waals surface area contributed by atoms with Gasteiger partial charge in [-0.3, -0.25) is 4.68 Å². The van der Waals surface area contributed by atoms with Gasteiger partial charge in [-0.2, -0.15) is 5.10 Å². The van der Waals surface area contributed by atoms with Gasteiger partial charge in [0.1, 0.15) is 0 Å². The van der Waals surface area contributed by atoms with Crippen LogP contribution in [0.25, 0.3) is 16.6 Å². The van der Waals surface area contributed by atoms with E-state index in [2.05, 4.69) is 12.0 Å². The fourth-order valence-corrected chi connectivity index (χ4v) is 4.72. The number of fused-ring (bicyclic) bond motifs is 1. The summed E-state index contributed by atoms with van der Waals surface area (Å²) in [5, 5.41) is 14.4. The van der Waals surface area contributed by atoms with Gasteiger partial charge in [-0.05, 0) is 43.7 Å². The summed E-state index contributed by atoms with van der Waals surface area (Å²) >= 11 is 7.50. The standard InChI is InChI=1S/C22H19ClFN3O2S/c1-3-9-26-12-15(11-25-26)27-13(2)21(17-7-8-18(23)19(24)20(17)27)30-16-6-4-5-14(10-16)22(28)29/h4-8,10-12H,3,9H2,1-2H3,(H,28,29). The molecule has 0 aliphatic carbocycles. The lowest BCUT2D eigenvalue weighted by molar-refractivity contribution is 0.0696.